The van der Waals surface area contributed by atoms with E-state index >= 15 is 0 Å². The molecule has 1 heterocycles. The van der Waals surface area contributed by atoms with Crippen LogP contribution in [0.3, 0.4) is 0 Å². The fourth-order valence-electron chi connectivity index (χ4n) is 3.52. The molecule has 2 aromatic rings. The Kier molecular flexibility index (Phi) is 4.93. The molecule has 3 nitrogen and oxygen atoms in total. The molecular formula is C20H23FN2O. The summed E-state index contributed by atoms with van der Waals surface area (Å²) in [6.07, 6.45) is 8.11. The van der Waals surface area contributed by atoms with Crippen LogP contribution in [0.2, 0.25) is 0 Å². The van der Waals surface area contributed by atoms with Crippen LogP contribution in [0.1, 0.15) is 47.2 Å². The van der Waals surface area contributed by atoms with Gasteiger partial charge in [0.15, 0.2) is 0 Å². The second-order valence-corrected chi connectivity index (χ2v) is 6.69. The molecule has 1 amide bonds. The van der Waals surface area contributed by atoms with Crippen LogP contribution >= 0.6 is 0 Å². The molecule has 3 rings (SSSR count). The van der Waals surface area contributed by atoms with Gasteiger partial charge in [0.2, 0.25) is 0 Å². The summed E-state index contributed by atoms with van der Waals surface area (Å²) in [6, 6.07) is 6.40. The molecule has 0 spiro atoms. The van der Waals surface area contributed by atoms with Crippen molar-refractivity contribution in [3.8, 4) is 0 Å². The number of aromatic nitrogens is 1. The highest BCUT2D eigenvalue weighted by Gasteiger charge is 2.26. The molecule has 1 aromatic heterocycles. The standard InChI is InChI=1S/C20H23FN2O/c1-14-11-17(21)7-8-19(14)23(13-16-5-3-4-6-16)20(24)18-9-10-22-12-15(18)2/h7-12,16H,3-6,13H2,1-2H3. The van der Waals surface area contributed by atoms with Gasteiger partial charge in [-0.2, -0.15) is 0 Å². The van der Waals surface area contributed by atoms with E-state index in [4.69, 9.17) is 0 Å². The first-order valence-electron chi connectivity index (χ1n) is 8.55. The van der Waals surface area contributed by atoms with Crippen molar-refractivity contribution in [2.45, 2.75) is 39.5 Å². The first-order valence-corrected chi connectivity index (χ1v) is 8.55. The molecule has 0 aliphatic heterocycles. The topological polar surface area (TPSA) is 33.2 Å². The van der Waals surface area contributed by atoms with E-state index in [1.54, 1.807) is 24.5 Å². The quantitative estimate of drug-likeness (QED) is 0.817. The third-order valence-electron chi connectivity index (χ3n) is 4.86. The van der Waals surface area contributed by atoms with Crippen molar-refractivity contribution in [1.29, 1.82) is 0 Å². The number of carbonyl (C=O) groups excluding carboxylic acids is 1. The molecular weight excluding hydrogens is 303 g/mol. The van der Waals surface area contributed by atoms with Gasteiger partial charge in [-0.3, -0.25) is 9.78 Å². The second kappa shape index (κ2) is 7.12. The Hall–Kier alpha value is -2.23. The Morgan fingerprint density at radius 1 is 1.21 bits per heavy atom. The van der Waals surface area contributed by atoms with Crippen molar-refractivity contribution in [2.24, 2.45) is 5.92 Å². The van der Waals surface area contributed by atoms with E-state index in [-0.39, 0.29) is 11.7 Å². The van der Waals surface area contributed by atoms with Crippen molar-refractivity contribution in [3.05, 3.63) is 59.2 Å². The molecule has 1 aliphatic carbocycles. The highest BCUT2D eigenvalue weighted by molar-refractivity contribution is 6.07. The fraction of sp³-hybridized carbons (Fsp3) is 0.400. The molecule has 4 heteroatoms. The molecule has 0 atom stereocenters. The summed E-state index contributed by atoms with van der Waals surface area (Å²) in [5.41, 5.74) is 3.10. The third-order valence-corrected chi connectivity index (χ3v) is 4.86. The predicted molar refractivity (Wildman–Crippen MR) is 93.7 cm³/mol. The number of pyridine rings is 1. The van der Waals surface area contributed by atoms with Crippen molar-refractivity contribution in [3.63, 3.8) is 0 Å². The van der Waals surface area contributed by atoms with E-state index in [2.05, 4.69) is 4.98 Å². The lowest BCUT2D eigenvalue weighted by atomic mass is 10.0. The third kappa shape index (κ3) is 3.48. The van der Waals surface area contributed by atoms with Crippen molar-refractivity contribution >= 4 is 11.6 Å². The second-order valence-electron chi connectivity index (χ2n) is 6.69. The molecule has 1 fully saturated rings. The molecule has 1 aromatic carbocycles. The Labute approximate surface area is 142 Å². The minimum atomic E-state index is -0.274. The zero-order valence-electron chi connectivity index (χ0n) is 14.3. The average Bonchev–Trinajstić information content (AvgIpc) is 3.06. The Bertz CT molecular complexity index is 738. The van der Waals surface area contributed by atoms with Crippen LogP contribution < -0.4 is 4.90 Å². The monoisotopic (exact) mass is 326 g/mol. The molecule has 126 valence electrons. The number of anilines is 1. The lowest BCUT2D eigenvalue weighted by Crippen LogP contribution is -2.36. The summed E-state index contributed by atoms with van der Waals surface area (Å²) < 4.78 is 13.5. The maximum absolute atomic E-state index is 13.5. The van der Waals surface area contributed by atoms with Crippen molar-refractivity contribution < 1.29 is 9.18 Å². The van der Waals surface area contributed by atoms with Crippen LogP contribution in [0.25, 0.3) is 0 Å². The van der Waals surface area contributed by atoms with Crippen LogP contribution in [0.15, 0.2) is 36.7 Å². The Balaban J connectivity index is 1.97. The highest BCUT2D eigenvalue weighted by Crippen LogP contribution is 2.30. The number of rotatable bonds is 4. The molecule has 1 saturated carbocycles. The molecule has 0 N–H and O–H groups in total. The maximum Gasteiger partial charge on any atom is 0.258 e. The molecule has 0 bridgehead atoms. The predicted octanol–water partition coefficient (Wildman–Crippen LogP) is 4.67. The van der Waals surface area contributed by atoms with Gasteiger partial charge in [-0.1, -0.05) is 12.8 Å². The molecule has 1 aliphatic rings. The molecule has 0 unspecified atom stereocenters. The maximum atomic E-state index is 13.5. The zero-order chi connectivity index (χ0) is 17.1. The Morgan fingerprint density at radius 3 is 2.62 bits per heavy atom. The van der Waals surface area contributed by atoms with Gasteiger partial charge in [0.1, 0.15) is 5.82 Å². The Morgan fingerprint density at radius 2 is 1.96 bits per heavy atom. The summed E-state index contributed by atoms with van der Waals surface area (Å²) >= 11 is 0. The minimum absolute atomic E-state index is 0.0310. The average molecular weight is 326 g/mol. The van der Waals surface area contributed by atoms with Gasteiger partial charge in [-0.15, -0.1) is 0 Å². The number of halogens is 1. The molecule has 0 radical (unpaired) electrons. The van der Waals surface area contributed by atoms with E-state index in [0.29, 0.717) is 18.0 Å². The van der Waals surface area contributed by atoms with Crippen molar-refractivity contribution in [2.75, 3.05) is 11.4 Å². The van der Waals surface area contributed by atoms with Gasteiger partial charge >= 0.3 is 0 Å². The number of aryl methyl sites for hydroxylation is 2. The summed E-state index contributed by atoms with van der Waals surface area (Å²) in [5, 5.41) is 0. The highest BCUT2D eigenvalue weighted by atomic mass is 19.1. The van der Waals surface area contributed by atoms with Gasteiger partial charge in [-0.05, 0) is 68.0 Å². The van der Waals surface area contributed by atoms with Crippen LogP contribution in [-0.4, -0.2) is 17.4 Å². The van der Waals surface area contributed by atoms with E-state index in [0.717, 1.165) is 29.7 Å². The largest absolute Gasteiger partial charge is 0.308 e. The zero-order valence-corrected chi connectivity index (χ0v) is 14.3. The first-order chi connectivity index (χ1) is 11.6. The molecule has 24 heavy (non-hydrogen) atoms. The summed E-state index contributed by atoms with van der Waals surface area (Å²) in [6.45, 7) is 4.44. The van der Waals surface area contributed by atoms with Crippen molar-refractivity contribution in [1.82, 2.24) is 4.98 Å². The number of hydrogen-bond acceptors (Lipinski definition) is 2. The van der Waals surface area contributed by atoms with Crippen LogP contribution in [-0.2, 0) is 0 Å². The molecule has 0 saturated heterocycles. The normalized spacial score (nSPS) is 14.8. The van der Waals surface area contributed by atoms with E-state index in [1.807, 2.05) is 18.7 Å². The van der Waals surface area contributed by atoms with E-state index in [1.165, 1.54) is 25.0 Å². The minimum Gasteiger partial charge on any atom is -0.308 e. The van der Waals surface area contributed by atoms with Gasteiger partial charge in [0.05, 0.1) is 0 Å². The number of carbonyl (C=O) groups is 1. The lowest BCUT2D eigenvalue weighted by molar-refractivity contribution is 0.0982. The smallest absolute Gasteiger partial charge is 0.258 e. The van der Waals surface area contributed by atoms with Gasteiger partial charge in [-0.25, -0.2) is 4.39 Å². The summed E-state index contributed by atoms with van der Waals surface area (Å²) in [4.78, 5) is 19.1. The first kappa shape index (κ1) is 16.6. The number of benzene rings is 1. The van der Waals surface area contributed by atoms with Crippen LogP contribution in [0.4, 0.5) is 10.1 Å². The van der Waals surface area contributed by atoms with Gasteiger partial charge in [0, 0.05) is 30.2 Å². The van der Waals surface area contributed by atoms with E-state index in [9.17, 15) is 9.18 Å². The number of hydrogen-bond donors (Lipinski definition) is 0. The SMILES string of the molecule is Cc1cnccc1C(=O)N(CC1CCCC1)c1ccc(F)cc1C. The summed E-state index contributed by atoms with van der Waals surface area (Å²) in [7, 11) is 0. The summed E-state index contributed by atoms with van der Waals surface area (Å²) in [5.74, 6) is 0.210. The van der Waals surface area contributed by atoms with Crippen LogP contribution in [0.5, 0.6) is 0 Å². The van der Waals surface area contributed by atoms with Gasteiger partial charge < -0.3 is 4.90 Å². The number of nitrogens with zero attached hydrogens (tertiary/aromatic N) is 2. The van der Waals surface area contributed by atoms with Crippen LogP contribution in [0, 0.1) is 25.6 Å². The van der Waals surface area contributed by atoms with E-state index < -0.39 is 0 Å². The lowest BCUT2D eigenvalue weighted by Gasteiger charge is -2.28. The number of amides is 1. The van der Waals surface area contributed by atoms with Gasteiger partial charge in [0.25, 0.3) is 5.91 Å². The fourth-order valence-corrected chi connectivity index (χ4v) is 3.52.